The Balaban J connectivity index is 1.51. The summed E-state index contributed by atoms with van der Waals surface area (Å²) < 4.78 is 0. The van der Waals surface area contributed by atoms with Gasteiger partial charge in [-0.25, -0.2) is 0 Å². The second-order valence-electron chi connectivity index (χ2n) is 6.38. The van der Waals surface area contributed by atoms with Crippen LogP contribution in [0.15, 0.2) is 0 Å². The number of nitrogens with one attached hydrogen (secondary N) is 1. The van der Waals surface area contributed by atoms with Crippen molar-refractivity contribution >= 4 is 0 Å². The predicted octanol–water partition coefficient (Wildman–Crippen LogP) is 1.30. The lowest BCUT2D eigenvalue weighted by Gasteiger charge is -2.26. The molecule has 0 spiro atoms. The molecule has 0 bridgehead atoms. The van der Waals surface area contributed by atoms with E-state index in [0.717, 1.165) is 18.1 Å². The molecule has 0 amide bonds. The van der Waals surface area contributed by atoms with Gasteiger partial charge in [0.05, 0.1) is 0 Å². The van der Waals surface area contributed by atoms with Gasteiger partial charge in [0.25, 0.3) is 0 Å². The minimum absolute atomic E-state index is 0.716. The standard InChI is InChI=1S/C14H27N3/c1-11(2)17-8-5-12(10-17)15-13-6-9-16-7-3-4-14(13)16/h11-15H,3-10H2,1-2H3. The van der Waals surface area contributed by atoms with Crippen LogP contribution in [0.25, 0.3) is 0 Å². The normalized spacial score (nSPS) is 39.4. The summed E-state index contributed by atoms with van der Waals surface area (Å²) in [5.74, 6) is 0. The third kappa shape index (κ3) is 2.38. The first kappa shape index (κ1) is 11.9. The van der Waals surface area contributed by atoms with Crippen molar-refractivity contribution in [1.82, 2.24) is 15.1 Å². The minimum atomic E-state index is 0.716. The fourth-order valence-corrected chi connectivity index (χ4v) is 3.97. The van der Waals surface area contributed by atoms with Crippen LogP contribution in [0.2, 0.25) is 0 Å². The Morgan fingerprint density at radius 3 is 2.71 bits per heavy atom. The van der Waals surface area contributed by atoms with Gasteiger partial charge in [-0.1, -0.05) is 0 Å². The van der Waals surface area contributed by atoms with Crippen LogP contribution < -0.4 is 5.32 Å². The molecular formula is C14H27N3. The molecule has 0 aromatic rings. The zero-order chi connectivity index (χ0) is 11.8. The molecule has 17 heavy (non-hydrogen) atoms. The van der Waals surface area contributed by atoms with Gasteiger partial charge in [-0.05, 0) is 52.6 Å². The average molecular weight is 237 g/mol. The summed E-state index contributed by atoms with van der Waals surface area (Å²) in [6, 6.07) is 3.12. The van der Waals surface area contributed by atoms with Crippen molar-refractivity contribution in [3.63, 3.8) is 0 Å². The summed E-state index contributed by atoms with van der Waals surface area (Å²) in [5, 5.41) is 3.95. The molecule has 3 aliphatic rings. The van der Waals surface area contributed by atoms with Crippen molar-refractivity contribution < 1.29 is 0 Å². The molecule has 3 rings (SSSR count). The van der Waals surface area contributed by atoms with Gasteiger partial charge < -0.3 is 5.32 Å². The van der Waals surface area contributed by atoms with Crippen LogP contribution in [-0.2, 0) is 0 Å². The molecule has 0 aliphatic carbocycles. The zero-order valence-electron chi connectivity index (χ0n) is 11.4. The molecule has 0 aromatic carbocycles. The fraction of sp³-hybridized carbons (Fsp3) is 1.00. The highest BCUT2D eigenvalue weighted by Crippen LogP contribution is 2.28. The number of rotatable bonds is 3. The van der Waals surface area contributed by atoms with E-state index in [1.54, 1.807) is 0 Å². The van der Waals surface area contributed by atoms with Crippen LogP contribution >= 0.6 is 0 Å². The van der Waals surface area contributed by atoms with E-state index in [-0.39, 0.29) is 0 Å². The lowest BCUT2D eigenvalue weighted by atomic mass is 10.1. The third-order valence-corrected chi connectivity index (χ3v) is 5.01. The molecule has 3 fully saturated rings. The Morgan fingerprint density at radius 2 is 1.94 bits per heavy atom. The SMILES string of the molecule is CC(C)N1CCC(NC2CCN3CCCC23)C1. The first-order chi connectivity index (χ1) is 8.24. The molecule has 0 aromatic heterocycles. The molecule has 3 aliphatic heterocycles. The molecule has 1 N–H and O–H groups in total. The maximum absolute atomic E-state index is 3.95. The average Bonchev–Trinajstić information content (AvgIpc) is 2.96. The second-order valence-corrected chi connectivity index (χ2v) is 6.38. The van der Waals surface area contributed by atoms with E-state index in [0.29, 0.717) is 6.04 Å². The molecule has 98 valence electrons. The van der Waals surface area contributed by atoms with Crippen LogP contribution in [-0.4, -0.2) is 60.1 Å². The Labute approximate surface area is 106 Å². The Kier molecular flexibility index (Phi) is 3.42. The summed E-state index contributed by atoms with van der Waals surface area (Å²) in [6.07, 6.45) is 5.58. The lowest BCUT2D eigenvalue weighted by Crippen LogP contribution is -2.46. The molecule has 3 atom stereocenters. The van der Waals surface area contributed by atoms with Gasteiger partial charge >= 0.3 is 0 Å². The molecular weight excluding hydrogens is 210 g/mol. The molecule has 3 unspecified atom stereocenters. The van der Waals surface area contributed by atoms with Gasteiger partial charge in [-0.2, -0.15) is 0 Å². The summed E-state index contributed by atoms with van der Waals surface area (Å²) >= 11 is 0. The predicted molar refractivity (Wildman–Crippen MR) is 71.2 cm³/mol. The van der Waals surface area contributed by atoms with Crippen molar-refractivity contribution in [2.24, 2.45) is 0 Å². The lowest BCUT2D eigenvalue weighted by molar-refractivity contribution is 0.256. The number of hydrogen-bond acceptors (Lipinski definition) is 3. The van der Waals surface area contributed by atoms with E-state index < -0.39 is 0 Å². The summed E-state index contributed by atoms with van der Waals surface area (Å²) in [7, 11) is 0. The molecule has 3 heteroatoms. The van der Waals surface area contributed by atoms with E-state index in [9.17, 15) is 0 Å². The van der Waals surface area contributed by atoms with E-state index in [1.807, 2.05) is 0 Å². The summed E-state index contributed by atoms with van der Waals surface area (Å²) in [4.78, 5) is 5.31. The van der Waals surface area contributed by atoms with Crippen LogP contribution in [0.4, 0.5) is 0 Å². The van der Waals surface area contributed by atoms with E-state index >= 15 is 0 Å². The molecule has 3 saturated heterocycles. The number of hydrogen-bond donors (Lipinski definition) is 1. The first-order valence-electron chi connectivity index (χ1n) is 7.48. The Bertz CT molecular complexity index is 266. The van der Waals surface area contributed by atoms with Gasteiger partial charge in [0.1, 0.15) is 0 Å². The van der Waals surface area contributed by atoms with Crippen LogP contribution in [0.5, 0.6) is 0 Å². The van der Waals surface area contributed by atoms with Gasteiger partial charge in [0.15, 0.2) is 0 Å². The molecule has 0 radical (unpaired) electrons. The van der Waals surface area contributed by atoms with Crippen molar-refractivity contribution in [3.8, 4) is 0 Å². The van der Waals surface area contributed by atoms with Crippen LogP contribution in [0, 0.1) is 0 Å². The quantitative estimate of drug-likeness (QED) is 0.798. The summed E-state index contributed by atoms with van der Waals surface area (Å²) in [5.41, 5.74) is 0. The van der Waals surface area contributed by atoms with Gasteiger partial charge in [0.2, 0.25) is 0 Å². The Hall–Kier alpha value is -0.120. The van der Waals surface area contributed by atoms with E-state index in [4.69, 9.17) is 0 Å². The Morgan fingerprint density at radius 1 is 1.06 bits per heavy atom. The second kappa shape index (κ2) is 4.87. The number of likely N-dealkylation sites (tertiary alicyclic amines) is 1. The molecule has 3 heterocycles. The number of fused-ring (bicyclic) bond motifs is 1. The minimum Gasteiger partial charge on any atom is -0.308 e. The van der Waals surface area contributed by atoms with E-state index in [1.165, 1.54) is 51.9 Å². The highest BCUT2D eigenvalue weighted by molar-refractivity contribution is 4.98. The number of nitrogens with zero attached hydrogens (tertiary/aromatic N) is 2. The van der Waals surface area contributed by atoms with Gasteiger partial charge in [-0.15, -0.1) is 0 Å². The van der Waals surface area contributed by atoms with Gasteiger partial charge in [0, 0.05) is 37.3 Å². The maximum Gasteiger partial charge on any atom is 0.0250 e. The van der Waals surface area contributed by atoms with Crippen molar-refractivity contribution in [2.75, 3.05) is 26.2 Å². The van der Waals surface area contributed by atoms with E-state index in [2.05, 4.69) is 29.0 Å². The summed E-state index contributed by atoms with van der Waals surface area (Å²) in [6.45, 7) is 9.87. The van der Waals surface area contributed by atoms with Crippen molar-refractivity contribution in [1.29, 1.82) is 0 Å². The van der Waals surface area contributed by atoms with Crippen molar-refractivity contribution in [3.05, 3.63) is 0 Å². The zero-order valence-corrected chi connectivity index (χ0v) is 11.4. The smallest absolute Gasteiger partial charge is 0.0250 e. The molecule has 0 saturated carbocycles. The maximum atomic E-state index is 3.95. The largest absolute Gasteiger partial charge is 0.308 e. The topological polar surface area (TPSA) is 18.5 Å². The van der Waals surface area contributed by atoms with Crippen molar-refractivity contribution in [2.45, 2.75) is 63.7 Å². The van der Waals surface area contributed by atoms with Crippen LogP contribution in [0.1, 0.15) is 39.5 Å². The van der Waals surface area contributed by atoms with Gasteiger partial charge in [-0.3, -0.25) is 9.80 Å². The third-order valence-electron chi connectivity index (χ3n) is 5.01. The highest BCUT2D eigenvalue weighted by Gasteiger charge is 2.38. The highest BCUT2D eigenvalue weighted by atomic mass is 15.3. The monoisotopic (exact) mass is 237 g/mol. The molecule has 3 nitrogen and oxygen atoms in total. The first-order valence-corrected chi connectivity index (χ1v) is 7.48. The van der Waals surface area contributed by atoms with Crippen LogP contribution in [0.3, 0.4) is 0 Å². The fourth-order valence-electron chi connectivity index (χ4n) is 3.97.